The number of carbonyl (C=O) groups is 4. The van der Waals surface area contributed by atoms with Gasteiger partial charge in [0.2, 0.25) is 5.91 Å². The van der Waals surface area contributed by atoms with Gasteiger partial charge in [0.25, 0.3) is 5.91 Å². The van der Waals surface area contributed by atoms with Crippen LogP contribution in [0.4, 0.5) is 10.5 Å². The van der Waals surface area contributed by atoms with Crippen molar-refractivity contribution in [1.82, 2.24) is 10.2 Å². The molecular weight excluding hydrogens is 394 g/mol. The minimum absolute atomic E-state index is 0.0801. The van der Waals surface area contributed by atoms with Crippen molar-refractivity contribution in [3.05, 3.63) is 65.2 Å². The Bertz CT molecular complexity index is 1090. The molecule has 7 nitrogen and oxygen atoms in total. The van der Waals surface area contributed by atoms with Gasteiger partial charge >= 0.3 is 6.03 Å². The predicted molar refractivity (Wildman–Crippen MR) is 114 cm³/mol. The monoisotopic (exact) mass is 417 g/mol. The third-order valence-electron chi connectivity index (χ3n) is 6.53. The Hall–Kier alpha value is -3.48. The zero-order chi connectivity index (χ0) is 21.6. The summed E-state index contributed by atoms with van der Waals surface area (Å²) in [6.07, 6.45) is 3.56. The summed E-state index contributed by atoms with van der Waals surface area (Å²) in [7, 11) is 0. The fourth-order valence-electron chi connectivity index (χ4n) is 4.94. The van der Waals surface area contributed by atoms with Crippen LogP contribution in [0.5, 0.6) is 0 Å². The Kier molecular flexibility index (Phi) is 4.61. The highest BCUT2D eigenvalue weighted by atomic mass is 16.2. The summed E-state index contributed by atoms with van der Waals surface area (Å²) in [4.78, 5) is 53.5. The molecule has 0 radical (unpaired) electrons. The second kappa shape index (κ2) is 7.34. The van der Waals surface area contributed by atoms with Crippen LogP contribution >= 0.6 is 0 Å². The molecule has 2 heterocycles. The van der Waals surface area contributed by atoms with E-state index in [1.807, 2.05) is 24.3 Å². The average molecular weight is 417 g/mol. The summed E-state index contributed by atoms with van der Waals surface area (Å²) in [6, 6.07) is 13.9. The number of aryl methyl sites for hydroxylation is 1. The highest BCUT2D eigenvalue weighted by Crippen LogP contribution is 2.39. The van der Waals surface area contributed by atoms with Gasteiger partial charge in [0, 0.05) is 24.2 Å². The predicted octanol–water partition coefficient (Wildman–Crippen LogP) is 2.78. The Morgan fingerprint density at radius 3 is 2.48 bits per heavy atom. The molecule has 0 bridgehead atoms. The summed E-state index contributed by atoms with van der Waals surface area (Å²) in [5, 5.41) is 2.87. The Balaban J connectivity index is 1.35. The number of urea groups is 1. The van der Waals surface area contributed by atoms with E-state index in [9.17, 15) is 19.2 Å². The van der Waals surface area contributed by atoms with E-state index in [1.165, 1.54) is 0 Å². The highest BCUT2D eigenvalue weighted by molar-refractivity contribution is 6.11. The smallest absolute Gasteiger partial charge is 0.319 e. The minimum atomic E-state index is -1.08. The molecule has 1 spiro atoms. The van der Waals surface area contributed by atoms with Crippen molar-refractivity contribution in [2.24, 2.45) is 0 Å². The van der Waals surface area contributed by atoms with Crippen LogP contribution < -0.4 is 10.2 Å². The van der Waals surface area contributed by atoms with Crippen LogP contribution in [0.15, 0.2) is 48.5 Å². The molecule has 0 aromatic heterocycles. The number of Topliss-reactive ketones (excluding diaryl/α,β-unsaturated/α-hetero) is 1. The van der Waals surface area contributed by atoms with Gasteiger partial charge in [-0.05, 0) is 61.1 Å². The van der Waals surface area contributed by atoms with E-state index in [0.717, 1.165) is 41.0 Å². The Morgan fingerprint density at radius 2 is 1.74 bits per heavy atom. The number of ketones is 1. The standard InChI is InChI=1S/C24H23N3O4/c28-20(17-9-11-18(12-10-17)26-14-4-8-21(26)29)15-27-22(30)24(25-23(27)31)13-3-6-16-5-1-2-7-19(16)24/h1-2,5,7,9-12H,3-4,6,8,13-15H2,(H,25,31). The molecule has 2 aromatic carbocycles. The number of hydrogen-bond donors (Lipinski definition) is 1. The van der Waals surface area contributed by atoms with Crippen molar-refractivity contribution in [3.8, 4) is 0 Å². The van der Waals surface area contributed by atoms with E-state index >= 15 is 0 Å². The number of benzene rings is 2. The first-order chi connectivity index (χ1) is 15.0. The minimum Gasteiger partial charge on any atom is -0.319 e. The second-order valence-electron chi connectivity index (χ2n) is 8.36. The first-order valence-corrected chi connectivity index (χ1v) is 10.7. The van der Waals surface area contributed by atoms with Crippen LogP contribution in [0.25, 0.3) is 0 Å². The third-order valence-corrected chi connectivity index (χ3v) is 6.53. The maximum absolute atomic E-state index is 13.3. The van der Waals surface area contributed by atoms with Crippen molar-refractivity contribution < 1.29 is 19.2 Å². The first kappa shape index (κ1) is 19.5. The molecule has 1 unspecified atom stereocenters. The molecule has 2 fully saturated rings. The molecule has 1 atom stereocenters. The van der Waals surface area contributed by atoms with Crippen molar-refractivity contribution >= 4 is 29.3 Å². The highest BCUT2D eigenvalue weighted by Gasteiger charge is 2.54. The normalized spacial score (nSPS) is 22.8. The zero-order valence-electron chi connectivity index (χ0n) is 17.1. The molecule has 1 aliphatic carbocycles. The van der Waals surface area contributed by atoms with Gasteiger partial charge in [-0.1, -0.05) is 24.3 Å². The second-order valence-corrected chi connectivity index (χ2v) is 8.36. The molecule has 0 saturated carbocycles. The quantitative estimate of drug-likeness (QED) is 0.612. The van der Waals surface area contributed by atoms with E-state index in [4.69, 9.17) is 0 Å². The summed E-state index contributed by atoms with van der Waals surface area (Å²) in [5.74, 6) is -0.599. The Labute approximate surface area is 180 Å². The lowest BCUT2D eigenvalue weighted by Crippen LogP contribution is -2.46. The van der Waals surface area contributed by atoms with Crippen molar-refractivity contribution in [2.45, 2.75) is 37.6 Å². The molecule has 2 aliphatic heterocycles. The van der Waals surface area contributed by atoms with Gasteiger partial charge in [-0.2, -0.15) is 0 Å². The van der Waals surface area contributed by atoms with Crippen molar-refractivity contribution in [2.75, 3.05) is 18.0 Å². The first-order valence-electron chi connectivity index (χ1n) is 10.7. The van der Waals surface area contributed by atoms with E-state index in [2.05, 4.69) is 5.32 Å². The SMILES string of the molecule is O=C(CN1C(=O)NC2(CCCc3ccccc32)C1=O)c1ccc(N2CCCC2=O)cc1. The van der Waals surface area contributed by atoms with Gasteiger partial charge in [0.15, 0.2) is 5.78 Å². The number of amides is 4. The lowest BCUT2D eigenvalue weighted by atomic mass is 9.76. The van der Waals surface area contributed by atoms with Crippen LogP contribution in [-0.4, -0.2) is 41.6 Å². The lowest BCUT2D eigenvalue weighted by Gasteiger charge is -2.33. The van der Waals surface area contributed by atoms with Gasteiger partial charge < -0.3 is 10.2 Å². The van der Waals surface area contributed by atoms with Crippen LogP contribution in [0, 0.1) is 0 Å². The van der Waals surface area contributed by atoms with Crippen LogP contribution in [-0.2, 0) is 21.5 Å². The van der Waals surface area contributed by atoms with Gasteiger partial charge in [-0.15, -0.1) is 0 Å². The Morgan fingerprint density at radius 1 is 0.968 bits per heavy atom. The fraction of sp³-hybridized carbons (Fsp3) is 0.333. The number of nitrogens with one attached hydrogen (secondary N) is 1. The zero-order valence-corrected chi connectivity index (χ0v) is 17.1. The maximum atomic E-state index is 13.3. The number of hydrogen-bond acceptors (Lipinski definition) is 4. The lowest BCUT2D eigenvalue weighted by molar-refractivity contribution is -0.131. The van der Waals surface area contributed by atoms with Crippen LogP contribution in [0.2, 0.25) is 0 Å². The molecular formula is C24H23N3O4. The van der Waals surface area contributed by atoms with Crippen molar-refractivity contribution in [1.29, 1.82) is 0 Å². The van der Waals surface area contributed by atoms with Gasteiger partial charge in [0.05, 0.1) is 6.54 Å². The fourth-order valence-corrected chi connectivity index (χ4v) is 4.94. The molecule has 7 heteroatoms. The molecule has 31 heavy (non-hydrogen) atoms. The average Bonchev–Trinajstić information content (AvgIpc) is 3.31. The number of rotatable bonds is 4. The number of carbonyl (C=O) groups excluding carboxylic acids is 4. The summed E-state index contributed by atoms with van der Waals surface area (Å²) in [5.41, 5.74) is 1.97. The number of anilines is 1. The largest absolute Gasteiger partial charge is 0.325 e. The summed E-state index contributed by atoms with van der Waals surface area (Å²) in [6.45, 7) is 0.370. The molecule has 2 aromatic rings. The van der Waals surface area contributed by atoms with E-state index in [1.54, 1.807) is 29.2 Å². The van der Waals surface area contributed by atoms with E-state index in [-0.39, 0.29) is 24.1 Å². The van der Waals surface area contributed by atoms with Gasteiger partial charge in [-0.25, -0.2) is 4.79 Å². The molecule has 1 N–H and O–H groups in total. The van der Waals surface area contributed by atoms with Gasteiger partial charge in [-0.3, -0.25) is 19.3 Å². The topological polar surface area (TPSA) is 86.8 Å². The number of nitrogens with zero attached hydrogens (tertiary/aromatic N) is 2. The van der Waals surface area contributed by atoms with Crippen LogP contribution in [0.3, 0.4) is 0 Å². The molecule has 4 amide bonds. The summed E-state index contributed by atoms with van der Waals surface area (Å²) >= 11 is 0. The molecule has 2 saturated heterocycles. The molecule has 158 valence electrons. The van der Waals surface area contributed by atoms with Crippen molar-refractivity contribution in [3.63, 3.8) is 0 Å². The molecule has 3 aliphatic rings. The number of imide groups is 1. The van der Waals surface area contributed by atoms with Gasteiger partial charge in [0.1, 0.15) is 5.54 Å². The third kappa shape index (κ3) is 3.12. The van der Waals surface area contributed by atoms with E-state index in [0.29, 0.717) is 24.9 Å². The van der Waals surface area contributed by atoms with Crippen LogP contribution in [0.1, 0.15) is 47.2 Å². The molecule has 5 rings (SSSR count). The number of fused-ring (bicyclic) bond motifs is 2. The van der Waals surface area contributed by atoms with E-state index < -0.39 is 11.6 Å². The maximum Gasteiger partial charge on any atom is 0.325 e. The summed E-state index contributed by atoms with van der Waals surface area (Å²) < 4.78 is 0.